The normalized spacial score (nSPS) is 12.8. The van der Waals surface area contributed by atoms with Crippen LogP contribution in [0.25, 0.3) is 0 Å². The zero-order chi connectivity index (χ0) is 18.4. The maximum absolute atomic E-state index is 5.78. The molecule has 0 aromatic carbocycles. The standard InChI is InChI=1S/C18H43N3O2Si/c1-8-19(4)13-11-15-21(16-12-14-20(5)9-2)17-18-24(10-3,22-6)23-7/h8-18H2,1-7H3. The summed E-state index contributed by atoms with van der Waals surface area (Å²) >= 11 is 0. The molecule has 0 fully saturated rings. The molecular formula is C18H43N3O2Si. The van der Waals surface area contributed by atoms with Crippen LogP contribution in [0.15, 0.2) is 0 Å². The predicted octanol–water partition coefficient (Wildman–Crippen LogP) is 2.73. The molecule has 0 unspecified atom stereocenters. The van der Waals surface area contributed by atoms with E-state index in [1.165, 1.54) is 39.0 Å². The molecule has 5 nitrogen and oxygen atoms in total. The molecule has 0 bridgehead atoms. The van der Waals surface area contributed by atoms with Crippen LogP contribution in [-0.4, -0.2) is 97.4 Å². The monoisotopic (exact) mass is 361 g/mol. The first kappa shape index (κ1) is 24.0. The quantitative estimate of drug-likeness (QED) is 0.394. The maximum Gasteiger partial charge on any atom is 0.338 e. The van der Waals surface area contributed by atoms with Crippen LogP contribution < -0.4 is 0 Å². The highest BCUT2D eigenvalue weighted by Crippen LogP contribution is 2.17. The van der Waals surface area contributed by atoms with E-state index in [4.69, 9.17) is 8.85 Å². The minimum atomic E-state index is -1.98. The molecule has 0 spiro atoms. The van der Waals surface area contributed by atoms with Crippen LogP contribution >= 0.6 is 0 Å². The summed E-state index contributed by atoms with van der Waals surface area (Å²) in [5.74, 6) is 0. The number of rotatable bonds is 16. The molecule has 146 valence electrons. The van der Waals surface area contributed by atoms with Gasteiger partial charge in [0.05, 0.1) is 0 Å². The van der Waals surface area contributed by atoms with Crippen molar-refractivity contribution in [2.24, 2.45) is 0 Å². The van der Waals surface area contributed by atoms with Gasteiger partial charge in [0.25, 0.3) is 0 Å². The fourth-order valence-electron chi connectivity index (χ4n) is 2.86. The summed E-state index contributed by atoms with van der Waals surface area (Å²) in [7, 11) is 6.05. The van der Waals surface area contributed by atoms with E-state index in [-0.39, 0.29) is 0 Å². The highest BCUT2D eigenvalue weighted by molar-refractivity contribution is 6.67. The van der Waals surface area contributed by atoms with Gasteiger partial charge < -0.3 is 23.6 Å². The van der Waals surface area contributed by atoms with E-state index in [1.54, 1.807) is 0 Å². The molecule has 0 heterocycles. The molecule has 0 aliphatic heterocycles. The van der Waals surface area contributed by atoms with Crippen molar-refractivity contribution in [3.8, 4) is 0 Å². The highest BCUT2D eigenvalue weighted by atomic mass is 28.4. The summed E-state index contributed by atoms with van der Waals surface area (Å²) in [4.78, 5) is 7.39. The van der Waals surface area contributed by atoms with E-state index >= 15 is 0 Å². The first-order valence-corrected chi connectivity index (χ1v) is 11.9. The molecular weight excluding hydrogens is 318 g/mol. The van der Waals surface area contributed by atoms with Gasteiger partial charge in [0.2, 0.25) is 0 Å². The van der Waals surface area contributed by atoms with E-state index in [9.17, 15) is 0 Å². The highest BCUT2D eigenvalue weighted by Gasteiger charge is 2.33. The van der Waals surface area contributed by atoms with Gasteiger partial charge in [-0.1, -0.05) is 20.8 Å². The second kappa shape index (κ2) is 14.2. The fraction of sp³-hybridized carbons (Fsp3) is 1.00. The third-order valence-corrected chi connectivity index (χ3v) is 8.75. The zero-order valence-corrected chi connectivity index (χ0v) is 18.4. The van der Waals surface area contributed by atoms with Gasteiger partial charge in [0, 0.05) is 26.8 Å². The van der Waals surface area contributed by atoms with Gasteiger partial charge in [0.15, 0.2) is 0 Å². The average Bonchev–Trinajstić information content (AvgIpc) is 2.62. The van der Waals surface area contributed by atoms with E-state index in [0.29, 0.717) is 0 Å². The molecule has 0 aromatic heterocycles. The Morgan fingerprint density at radius 3 is 1.50 bits per heavy atom. The number of hydrogen-bond donors (Lipinski definition) is 0. The molecule has 0 N–H and O–H groups in total. The van der Waals surface area contributed by atoms with E-state index in [1.807, 2.05) is 14.2 Å². The van der Waals surface area contributed by atoms with Gasteiger partial charge in [-0.15, -0.1) is 0 Å². The van der Waals surface area contributed by atoms with Crippen molar-refractivity contribution >= 4 is 8.56 Å². The Labute approximate surface area is 152 Å². The Hall–Kier alpha value is 0.0169. The lowest BCUT2D eigenvalue weighted by molar-refractivity contribution is 0.212. The lowest BCUT2D eigenvalue weighted by Gasteiger charge is -2.30. The fourth-order valence-corrected chi connectivity index (χ4v) is 5.02. The molecule has 0 radical (unpaired) electrons. The van der Waals surface area contributed by atoms with Crippen LogP contribution in [0.1, 0.15) is 33.6 Å². The zero-order valence-electron chi connectivity index (χ0n) is 17.4. The summed E-state index contributed by atoms with van der Waals surface area (Å²) in [5.41, 5.74) is 0. The minimum Gasteiger partial charge on any atom is -0.398 e. The third kappa shape index (κ3) is 10.1. The van der Waals surface area contributed by atoms with Crippen molar-refractivity contribution in [2.45, 2.75) is 45.7 Å². The van der Waals surface area contributed by atoms with Crippen LogP contribution in [0.4, 0.5) is 0 Å². The first-order valence-electron chi connectivity index (χ1n) is 9.66. The Bertz CT molecular complexity index is 267. The number of hydrogen-bond acceptors (Lipinski definition) is 5. The SMILES string of the molecule is CCN(C)CCCN(CCCN(C)CC)CC[Si](CC)(OC)OC. The summed E-state index contributed by atoms with van der Waals surface area (Å²) in [6, 6.07) is 2.08. The van der Waals surface area contributed by atoms with Crippen LogP contribution in [0, 0.1) is 0 Å². The summed E-state index contributed by atoms with van der Waals surface area (Å²) < 4.78 is 11.6. The molecule has 0 aromatic rings. The largest absolute Gasteiger partial charge is 0.398 e. The van der Waals surface area contributed by atoms with E-state index < -0.39 is 8.56 Å². The topological polar surface area (TPSA) is 28.2 Å². The summed E-state index contributed by atoms with van der Waals surface area (Å²) in [6.45, 7) is 14.7. The molecule has 6 heteroatoms. The second-order valence-corrected chi connectivity index (χ2v) is 10.6. The Morgan fingerprint density at radius 2 is 1.17 bits per heavy atom. The lowest BCUT2D eigenvalue weighted by atomic mass is 10.3. The Kier molecular flexibility index (Phi) is 14.2. The summed E-state index contributed by atoms with van der Waals surface area (Å²) in [6.07, 6.45) is 2.46. The van der Waals surface area contributed by atoms with Gasteiger partial charge in [-0.05, 0) is 72.2 Å². The molecule has 0 aliphatic carbocycles. The van der Waals surface area contributed by atoms with Crippen LogP contribution in [0.3, 0.4) is 0 Å². The van der Waals surface area contributed by atoms with Gasteiger partial charge in [-0.25, -0.2) is 0 Å². The number of nitrogens with zero attached hydrogens (tertiary/aromatic N) is 3. The van der Waals surface area contributed by atoms with E-state index in [2.05, 4.69) is 49.6 Å². The van der Waals surface area contributed by atoms with Crippen molar-refractivity contribution in [2.75, 3.05) is 74.1 Å². The van der Waals surface area contributed by atoms with Crippen molar-refractivity contribution in [1.82, 2.24) is 14.7 Å². The van der Waals surface area contributed by atoms with Gasteiger partial charge >= 0.3 is 8.56 Å². The molecule has 0 saturated carbocycles. The Balaban J connectivity index is 4.43. The molecule has 0 saturated heterocycles. The van der Waals surface area contributed by atoms with Crippen molar-refractivity contribution in [3.05, 3.63) is 0 Å². The van der Waals surface area contributed by atoms with Crippen LogP contribution in [-0.2, 0) is 8.85 Å². The Morgan fingerprint density at radius 1 is 0.708 bits per heavy atom. The predicted molar refractivity (Wildman–Crippen MR) is 107 cm³/mol. The van der Waals surface area contributed by atoms with E-state index in [0.717, 1.165) is 31.7 Å². The van der Waals surface area contributed by atoms with Crippen LogP contribution in [0.5, 0.6) is 0 Å². The molecule has 0 rings (SSSR count). The smallest absolute Gasteiger partial charge is 0.338 e. The molecule has 0 atom stereocenters. The van der Waals surface area contributed by atoms with Crippen molar-refractivity contribution in [1.29, 1.82) is 0 Å². The van der Waals surface area contributed by atoms with Gasteiger partial charge in [0.1, 0.15) is 0 Å². The second-order valence-electron chi connectivity index (χ2n) is 6.76. The van der Waals surface area contributed by atoms with Gasteiger partial charge in [-0.2, -0.15) is 0 Å². The summed E-state index contributed by atoms with van der Waals surface area (Å²) in [5, 5.41) is 0. The molecule has 0 aliphatic rings. The molecule has 24 heavy (non-hydrogen) atoms. The lowest BCUT2D eigenvalue weighted by Crippen LogP contribution is -2.43. The van der Waals surface area contributed by atoms with Crippen molar-refractivity contribution in [3.63, 3.8) is 0 Å². The molecule has 0 amide bonds. The third-order valence-electron chi connectivity index (χ3n) is 5.20. The average molecular weight is 362 g/mol. The minimum absolute atomic E-state index is 1.02. The van der Waals surface area contributed by atoms with Crippen molar-refractivity contribution < 1.29 is 8.85 Å². The first-order chi connectivity index (χ1) is 11.5. The van der Waals surface area contributed by atoms with Crippen LogP contribution in [0.2, 0.25) is 12.1 Å². The maximum atomic E-state index is 5.78. The van der Waals surface area contributed by atoms with Gasteiger partial charge in [-0.3, -0.25) is 0 Å².